The van der Waals surface area contributed by atoms with Crippen LogP contribution in [-0.4, -0.2) is 98.6 Å². The maximum absolute atomic E-state index is 12.8. The summed E-state index contributed by atoms with van der Waals surface area (Å²) in [6, 6.07) is 3.92. The highest BCUT2D eigenvalue weighted by atomic mass is 16.6. The Balaban J connectivity index is 1.34. The van der Waals surface area contributed by atoms with Crippen molar-refractivity contribution in [1.29, 1.82) is 0 Å². The van der Waals surface area contributed by atoms with E-state index in [9.17, 15) is 9.59 Å². The molecule has 3 heterocycles. The summed E-state index contributed by atoms with van der Waals surface area (Å²) in [6.45, 7) is 9.10. The molecule has 0 aromatic heterocycles. The summed E-state index contributed by atoms with van der Waals surface area (Å²) in [5, 5.41) is 0. The van der Waals surface area contributed by atoms with Crippen LogP contribution in [0.5, 0.6) is 17.2 Å². The fraction of sp³-hybridized carbons (Fsp3) is 0.600. The lowest BCUT2D eigenvalue weighted by Gasteiger charge is -2.37. The molecule has 0 spiro atoms. The monoisotopic (exact) mass is 457 g/mol. The minimum absolute atomic E-state index is 0.116. The van der Waals surface area contributed by atoms with Crippen LogP contribution in [0.1, 0.15) is 36.5 Å². The van der Waals surface area contributed by atoms with Gasteiger partial charge >= 0.3 is 0 Å². The van der Waals surface area contributed by atoms with Gasteiger partial charge in [-0.2, -0.15) is 0 Å². The Morgan fingerprint density at radius 1 is 1.00 bits per heavy atom. The SMILES string of the molecule is CCOc1ccc(C(=O)C=CC(=O)N2CCC(N3CCCN(C)CC3)CC2)c2c1OCCO2. The first kappa shape index (κ1) is 23.6. The molecule has 180 valence electrons. The number of ketones is 1. The molecule has 1 aromatic carbocycles. The van der Waals surface area contributed by atoms with E-state index in [1.807, 2.05) is 11.8 Å². The molecule has 2 saturated heterocycles. The van der Waals surface area contributed by atoms with Gasteiger partial charge in [0.15, 0.2) is 17.3 Å². The molecule has 8 heteroatoms. The molecule has 3 aliphatic heterocycles. The highest BCUT2D eigenvalue weighted by Crippen LogP contribution is 2.42. The number of nitrogens with zero attached hydrogens (tertiary/aromatic N) is 3. The highest BCUT2D eigenvalue weighted by molar-refractivity contribution is 6.10. The zero-order valence-electron chi connectivity index (χ0n) is 19.8. The lowest BCUT2D eigenvalue weighted by molar-refractivity contribution is -0.127. The summed E-state index contributed by atoms with van der Waals surface area (Å²) in [5.41, 5.74) is 0.377. The van der Waals surface area contributed by atoms with Crippen molar-refractivity contribution >= 4 is 11.7 Å². The Labute approximate surface area is 196 Å². The molecule has 0 atom stereocenters. The summed E-state index contributed by atoms with van der Waals surface area (Å²) >= 11 is 0. The predicted octanol–water partition coefficient (Wildman–Crippen LogP) is 2.22. The van der Waals surface area contributed by atoms with Gasteiger partial charge in [-0.3, -0.25) is 14.5 Å². The first-order valence-corrected chi connectivity index (χ1v) is 12.1. The van der Waals surface area contributed by atoms with Crippen LogP contribution in [0.3, 0.4) is 0 Å². The van der Waals surface area contributed by atoms with Crippen molar-refractivity contribution in [3.63, 3.8) is 0 Å². The van der Waals surface area contributed by atoms with E-state index in [1.54, 1.807) is 12.1 Å². The Morgan fingerprint density at radius 3 is 2.52 bits per heavy atom. The van der Waals surface area contributed by atoms with Crippen LogP contribution in [0.15, 0.2) is 24.3 Å². The van der Waals surface area contributed by atoms with E-state index in [0.29, 0.717) is 48.7 Å². The number of ether oxygens (including phenoxy) is 3. The normalized spacial score (nSPS) is 20.6. The Morgan fingerprint density at radius 2 is 1.76 bits per heavy atom. The van der Waals surface area contributed by atoms with Crippen molar-refractivity contribution < 1.29 is 23.8 Å². The number of allylic oxidation sites excluding steroid dienone is 1. The van der Waals surface area contributed by atoms with Crippen LogP contribution >= 0.6 is 0 Å². The van der Waals surface area contributed by atoms with Crippen molar-refractivity contribution in [2.45, 2.75) is 32.2 Å². The van der Waals surface area contributed by atoms with Crippen LogP contribution in [-0.2, 0) is 4.79 Å². The van der Waals surface area contributed by atoms with E-state index in [-0.39, 0.29) is 11.7 Å². The van der Waals surface area contributed by atoms with Gasteiger partial charge in [0.05, 0.1) is 12.2 Å². The number of carbonyl (C=O) groups excluding carboxylic acids is 2. The fourth-order valence-corrected chi connectivity index (χ4v) is 4.80. The van der Waals surface area contributed by atoms with E-state index in [0.717, 1.165) is 52.1 Å². The van der Waals surface area contributed by atoms with Crippen molar-refractivity contribution in [3.05, 3.63) is 29.8 Å². The summed E-state index contributed by atoms with van der Waals surface area (Å²) in [6.07, 6.45) is 5.89. The Hall–Kier alpha value is -2.58. The third-order valence-electron chi connectivity index (χ3n) is 6.64. The van der Waals surface area contributed by atoms with E-state index in [4.69, 9.17) is 14.2 Å². The predicted molar refractivity (Wildman–Crippen MR) is 125 cm³/mol. The molecule has 2 fully saturated rings. The third kappa shape index (κ3) is 5.68. The number of likely N-dealkylation sites (N-methyl/N-ethyl adjacent to an activating group) is 1. The fourth-order valence-electron chi connectivity index (χ4n) is 4.80. The van der Waals surface area contributed by atoms with E-state index >= 15 is 0 Å². The van der Waals surface area contributed by atoms with Crippen molar-refractivity contribution in [3.8, 4) is 17.2 Å². The number of hydrogen-bond acceptors (Lipinski definition) is 7. The molecule has 0 saturated carbocycles. The van der Waals surface area contributed by atoms with Crippen molar-refractivity contribution in [2.24, 2.45) is 0 Å². The first-order valence-electron chi connectivity index (χ1n) is 12.1. The molecule has 0 N–H and O–H groups in total. The molecular formula is C25H35N3O5. The number of amides is 1. The Bertz CT molecular complexity index is 879. The molecule has 3 aliphatic rings. The van der Waals surface area contributed by atoms with Gasteiger partial charge in [-0.15, -0.1) is 0 Å². The molecule has 1 amide bonds. The molecule has 0 aliphatic carbocycles. The van der Waals surface area contributed by atoms with Crippen LogP contribution in [0.2, 0.25) is 0 Å². The molecule has 1 aromatic rings. The summed E-state index contributed by atoms with van der Waals surface area (Å²) < 4.78 is 17.0. The Kier molecular flexibility index (Phi) is 7.88. The number of likely N-dealkylation sites (tertiary alicyclic amines) is 1. The van der Waals surface area contributed by atoms with Gasteiger partial charge in [-0.25, -0.2) is 0 Å². The van der Waals surface area contributed by atoms with Crippen LogP contribution in [0.25, 0.3) is 0 Å². The second-order valence-corrected chi connectivity index (χ2v) is 8.85. The maximum Gasteiger partial charge on any atom is 0.246 e. The number of carbonyl (C=O) groups is 2. The van der Waals surface area contributed by atoms with Crippen molar-refractivity contribution in [1.82, 2.24) is 14.7 Å². The van der Waals surface area contributed by atoms with Crippen LogP contribution < -0.4 is 14.2 Å². The smallest absolute Gasteiger partial charge is 0.246 e. The zero-order chi connectivity index (χ0) is 23.2. The molecule has 8 nitrogen and oxygen atoms in total. The standard InChI is InChI=1S/C25H35N3O5/c1-3-31-22-7-5-20(24-25(22)33-18-17-32-24)21(29)6-8-23(30)28-13-9-19(10-14-28)27-12-4-11-26(2)15-16-27/h5-8,19H,3-4,9-18H2,1-2H3. The summed E-state index contributed by atoms with van der Waals surface area (Å²) in [4.78, 5) is 32.4. The van der Waals surface area contributed by atoms with Crippen molar-refractivity contribution in [2.75, 3.05) is 66.1 Å². The number of rotatable bonds is 6. The molecule has 0 bridgehead atoms. The van der Waals surface area contributed by atoms with Gasteiger partial charge in [0.2, 0.25) is 11.7 Å². The minimum Gasteiger partial charge on any atom is -0.490 e. The first-order chi connectivity index (χ1) is 16.1. The average molecular weight is 458 g/mol. The number of hydrogen-bond donors (Lipinski definition) is 0. The lowest BCUT2D eigenvalue weighted by Crippen LogP contribution is -2.47. The lowest BCUT2D eigenvalue weighted by atomic mass is 10.0. The second kappa shape index (κ2) is 11.0. The topological polar surface area (TPSA) is 71.6 Å². The van der Waals surface area contributed by atoms with Gasteiger partial charge < -0.3 is 24.0 Å². The molecular weight excluding hydrogens is 422 g/mol. The van der Waals surface area contributed by atoms with Gasteiger partial charge in [-0.05, 0) is 64.5 Å². The summed E-state index contributed by atoms with van der Waals surface area (Å²) in [5.74, 6) is 1.00. The number of benzene rings is 1. The number of piperidine rings is 1. The third-order valence-corrected chi connectivity index (χ3v) is 6.64. The van der Waals surface area contributed by atoms with E-state index in [2.05, 4.69) is 16.8 Å². The quantitative estimate of drug-likeness (QED) is 0.479. The highest BCUT2D eigenvalue weighted by Gasteiger charge is 2.28. The second-order valence-electron chi connectivity index (χ2n) is 8.85. The molecule has 0 radical (unpaired) electrons. The van der Waals surface area contributed by atoms with Gasteiger partial charge in [0, 0.05) is 38.3 Å². The van der Waals surface area contributed by atoms with Crippen LogP contribution in [0.4, 0.5) is 0 Å². The van der Waals surface area contributed by atoms with E-state index in [1.165, 1.54) is 18.6 Å². The molecule has 0 unspecified atom stereocenters. The minimum atomic E-state index is -0.281. The molecule has 4 rings (SSSR count). The average Bonchev–Trinajstić information content (AvgIpc) is 3.07. The van der Waals surface area contributed by atoms with Crippen LogP contribution in [0, 0.1) is 0 Å². The van der Waals surface area contributed by atoms with E-state index < -0.39 is 0 Å². The zero-order valence-corrected chi connectivity index (χ0v) is 19.8. The van der Waals surface area contributed by atoms with Gasteiger partial charge in [0.1, 0.15) is 13.2 Å². The van der Waals surface area contributed by atoms with Gasteiger partial charge in [0.25, 0.3) is 0 Å². The summed E-state index contributed by atoms with van der Waals surface area (Å²) in [7, 11) is 2.18. The number of fused-ring (bicyclic) bond motifs is 1. The molecule has 33 heavy (non-hydrogen) atoms. The largest absolute Gasteiger partial charge is 0.490 e. The maximum atomic E-state index is 12.8. The van der Waals surface area contributed by atoms with Gasteiger partial charge in [-0.1, -0.05) is 0 Å².